The van der Waals surface area contributed by atoms with E-state index < -0.39 is 0 Å². The number of carbonyl (C=O) groups is 1. The smallest absolute Gasteiger partial charge is 0.269 e. The molecule has 82 valence electrons. The summed E-state index contributed by atoms with van der Waals surface area (Å²) >= 11 is 0. The van der Waals surface area contributed by atoms with Gasteiger partial charge in [-0.15, -0.1) is 0 Å². The molecule has 3 N–H and O–H groups in total. The van der Waals surface area contributed by atoms with E-state index in [-0.39, 0.29) is 12.0 Å². The van der Waals surface area contributed by atoms with E-state index in [0.29, 0.717) is 18.8 Å². The average Bonchev–Trinajstić information content (AvgIpc) is 2.81. The van der Waals surface area contributed by atoms with Crippen molar-refractivity contribution in [2.45, 2.75) is 6.10 Å². The minimum absolute atomic E-state index is 0.0608. The van der Waals surface area contributed by atoms with Crippen LogP contribution in [0, 0.1) is 0 Å². The predicted molar refractivity (Wildman–Crippen MR) is 53.5 cm³/mol. The molecule has 2 rings (SSSR count). The Labute approximate surface area is 87.4 Å². The fraction of sp³-hybridized carbons (Fsp3) is 0.556. The normalized spacial score (nSPS) is 21.2. The molecule has 0 bridgehead atoms. The first-order valence-corrected chi connectivity index (χ1v) is 4.96. The summed E-state index contributed by atoms with van der Waals surface area (Å²) in [6.07, 6.45) is 1.61. The van der Waals surface area contributed by atoms with Crippen molar-refractivity contribution in [2.24, 2.45) is 0 Å². The predicted octanol–water partition coefficient (Wildman–Crippen LogP) is -0.872. The van der Waals surface area contributed by atoms with Crippen LogP contribution in [-0.4, -0.2) is 48.4 Å². The number of amides is 1. The van der Waals surface area contributed by atoms with Crippen molar-refractivity contribution in [3.63, 3.8) is 0 Å². The summed E-state index contributed by atoms with van der Waals surface area (Å²) in [5, 5.41) is 12.3. The highest BCUT2D eigenvalue weighted by molar-refractivity contribution is 5.92. The van der Waals surface area contributed by atoms with Gasteiger partial charge in [-0.2, -0.15) is 5.10 Å². The van der Waals surface area contributed by atoms with Crippen LogP contribution in [0.15, 0.2) is 12.3 Å². The largest absolute Gasteiger partial charge is 0.374 e. The van der Waals surface area contributed by atoms with E-state index in [4.69, 9.17) is 4.74 Å². The summed E-state index contributed by atoms with van der Waals surface area (Å²) in [6, 6.07) is 1.63. The van der Waals surface area contributed by atoms with Gasteiger partial charge in [0.2, 0.25) is 0 Å². The number of aromatic amines is 1. The number of nitrogens with zero attached hydrogens (tertiary/aromatic N) is 1. The number of carbonyl (C=O) groups excluding carboxylic acids is 1. The minimum atomic E-state index is -0.151. The van der Waals surface area contributed by atoms with Crippen molar-refractivity contribution >= 4 is 5.91 Å². The summed E-state index contributed by atoms with van der Waals surface area (Å²) in [7, 11) is 0. The summed E-state index contributed by atoms with van der Waals surface area (Å²) in [5.41, 5.74) is 0.471. The quantitative estimate of drug-likeness (QED) is 0.606. The van der Waals surface area contributed by atoms with Crippen molar-refractivity contribution in [2.75, 3.05) is 26.2 Å². The molecule has 2 heterocycles. The molecule has 1 fully saturated rings. The van der Waals surface area contributed by atoms with E-state index in [1.165, 1.54) is 0 Å². The molecule has 1 atom stereocenters. The van der Waals surface area contributed by atoms with Crippen LogP contribution in [0.4, 0.5) is 0 Å². The van der Waals surface area contributed by atoms with Crippen LogP contribution >= 0.6 is 0 Å². The molecule has 1 amide bonds. The number of hydrogen-bond acceptors (Lipinski definition) is 4. The second kappa shape index (κ2) is 4.90. The summed E-state index contributed by atoms with van der Waals surface area (Å²) < 4.78 is 5.44. The van der Waals surface area contributed by atoms with Crippen LogP contribution in [0.25, 0.3) is 0 Å². The van der Waals surface area contributed by atoms with Crippen molar-refractivity contribution in [3.8, 4) is 0 Å². The maximum absolute atomic E-state index is 11.5. The van der Waals surface area contributed by atoms with Crippen molar-refractivity contribution < 1.29 is 9.53 Å². The molecule has 6 nitrogen and oxygen atoms in total. The average molecular weight is 210 g/mol. The number of aromatic nitrogens is 2. The molecule has 0 aliphatic carbocycles. The number of rotatable bonds is 3. The van der Waals surface area contributed by atoms with E-state index in [0.717, 1.165) is 13.1 Å². The first kappa shape index (κ1) is 10.1. The maximum atomic E-state index is 11.5. The second-order valence-corrected chi connectivity index (χ2v) is 3.38. The van der Waals surface area contributed by atoms with Crippen LogP contribution in [0.5, 0.6) is 0 Å². The molecule has 1 aliphatic heterocycles. The zero-order valence-electron chi connectivity index (χ0n) is 8.32. The molecular weight excluding hydrogens is 196 g/mol. The Balaban J connectivity index is 1.75. The molecule has 1 aromatic heterocycles. The van der Waals surface area contributed by atoms with Gasteiger partial charge in [0.15, 0.2) is 0 Å². The Hall–Kier alpha value is -1.40. The van der Waals surface area contributed by atoms with E-state index >= 15 is 0 Å². The van der Waals surface area contributed by atoms with Gasteiger partial charge in [0.05, 0.1) is 12.7 Å². The summed E-state index contributed by atoms with van der Waals surface area (Å²) in [5.74, 6) is -0.151. The zero-order chi connectivity index (χ0) is 10.5. The monoisotopic (exact) mass is 210 g/mol. The number of ether oxygens (including phenoxy) is 1. The summed E-state index contributed by atoms with van der Waals surface area (Å²) in [6.45, 7) is 2.88. The Bertz CT molecular complexity index is 306. The van der Waals surface area contributed by atoms with Crippen LogP contribution in [-0.2, 0) is 4.74 Å². The van der Waals surface area contributed by atoms with Gasteiger partial charge >= 0.3 is 0 Å². The van der Waals surface area contributed by atoms with Gasteiger partial charge in [-0.3, -0.25) is 9.89 Å². The zero-order valence-corrected chi connectivity index (χ0v) is 8.32. The lowest BCUT2D eigenvalue weighted by molar-refractivity contribution is 0.0286. The number of morpholine rings is 1. The van der Waals surface area contributed by atoms with Gasteiger partial charge in [-0.1, -0.05) is 0 Å². The lowest BCUT2D eigenvalue weighted by atomic mass is 10.3. The SMILES string of the molecule is O=C(NCC1CNCCO1)c1ccn[nH]1. The lowest BCUT2D eigenvalue weighted by Gasteiger charge is -2.23. The van der Waals surface area contributed by atoms with Gasteiger partial charge in [0.1, 0.15) is 5.69 Å². The van der Waals surface area contributed by atoms with E-state index in [1.807, 2.05) is 0 Å². The number of nitrogens with one attached hydrogen (secondary N) is 3. The Kier molecular flexibility index (Phi) is 3.31. The van der Waals surface area contributed by atoms with Gasteiger partial charge in [-0.05, 0) is 6.07 Å². The molecule has 6 heteroatoms. The van der Waals surface area contributed by atoms with Crippen molar-refractivity contribution in [3.05, 3.63) is 18.0 Å². The molecule has 1 unspecified atom stereocenters. The first-order valence-electron chi connectivity index (χ1n) is 4.96. The third kappa shape index (κ3) is 2.77. The highest BCUT2D eigenvalue weighted by Crippen LogP contribution is 1.95. The number of H-pyrrole nitrogens is 1. The highest BCUT2D eigenvalue weighted by atomic mass is 16.5. The lowest BCUT2D eigenvalue weighted by Crippen LogP contribution is -2.45. The Morgan fingerprint density at radius 1 is 1.73 bits per heavy atom. The van der Waals surface area contributed by atoms with Gasteiger partial charge < -0.3 is 15.4 Å². The molecule has 0 spiro atoms. The van der Waals surface area contributed by atoms with Crippen LogP contribution in [0.2, 0.25) is 0 Å². The first-order chi connectivity index (χ1) is 7.36. The second-order valence-electron chi connectivity index (χ2n) is 3.38. The molecular formula is C9H14N4O2. The maximum Gasteiger partial charge on any atom is 0.269 e. The van der Waals surface area contributed by atoms with Crippen LogP contribution in [0.3, 0.4) is 0 Å². The highest BCUT2D eigenvalue weighted by Gasteiger charge is 2.15. The molecule has 1 aliphatic rings. The van der Waals surface area contributed by atoms with Gasteiger partial charge in [-0.25, -0.2) is 0 Å². The van der Waals surface area contributed by atoms with Crippen molar-refractivity contribution in [1.82, 2.24) is 20.8 Å². The van der Waals surface area contributed by atoms with E-state index in [2.05, 4.69) is 20.8 Å². The topological polar surface area (TPSA) is 79.0 Å². The molecule has 0 saturated carbocycles. The summed E-state index contributed by atoms with van der Waals surface area (Å²) in [4.78, 5) is 11.5. The van der Waals surface area contributed by atoms with Crippen LogP contribution < -0.4 is 10.6 Å². The minimum Gasteiger partial charge on any atom is -0.374 e. The fourth-order valence-corrected chi connectivity index (χ4v) is 1.43. The third-order valence-corrected chi connectivity index (χ3v) is 2.24. The molecule has 1 saturated heterocycles. The van der Waals surface area contributed by atoms with Gasteiger partial charge in [0.25, 0.3) is 5.91 Å². The Morgan fingerprint density at radius 3 is 3.33 bits per heavy atom. The van der Waals surface area contributed by atoms with Crippen LogP contribution in [0.1, 0.15) is 10.5 Å². The van der Waals surface area contributed by atoms with Crippen molar-refractivity contribution in [1.29, 1.82) is 0 Å². The third-order valence-electron chi connectivity index (χ3n) is 2.24. The molecule has 15 heavy (non-hydrogen) atoms. The molecule has 1 aromatic rings. The Morgan fingerprint density at radius 2 is 2.67 bits per heavy atom. The molecule has 0 aromatic carbocycles. The number of hydrogen-bond donors (Lipinski definition) is 3. The standard InChI is InChI=1S/C9H14N4O2/c14-9(8-1-2-12-13-8)11-6-7-5-10-3-4-15-7/h1-2,7,10H,3-6H2,(H,11,14)(H,12,13). The molecule has 0 radical (unpaired) electrons. The fourth-order valence-electron chi connectivity index (χ4n) is 1.43. The van der Waals surface area contributed by atoms with E-state index in [9.17, 15) is 4.79 Å². The van der Waals surface area contributed by atoms with Gasteiger partial charge in [0, 0.05) is 25.8 Å². The van der Waals surface area contributed by atoms with E-state index in [1.54, 1.807) is 12.3 Å².